The number of rotatable bonds is 10. The van der Waals surface area contributed by atoms with Crippen molar-refractivity contribution in [2.24, 2.45) is 4.99 Å². The Labute approximate surface area is 163 Å². The molecule has 0 amide bonds. The third kappa shape index (κ3) is 6.17. The van der Waals surface area contributed by atoms with E-state index < -0.39 is 0 Å². The van der Waals surface area contributed by atoms with E-state index in [-0.39, 0.29) is 6.04 Å². The van der Waals surface area contributed by atoms with Crippen molar-refractivity contribution in [3.8, 4) is 0 Å². The molecule has 1 atom stereocenters. The number of nitrogens with zero attached hydrogens (tertiary/aromatic N) is 2. The van der Waals surface area contributed by atoms with Gasteiger partial charge < -0.3 is 15.0 Å². The number of hydrogen-bond donors (Lipinski definition) is 1. The minimum absolute atomic E-state index is 0.182. The van der Waals surface area contributed by atoms with Crippen molar-refractivity contribution in [3.63, 3.8) is 0 Å². The smallest absolute Gasteiger partial charge is 0.182 e. The molecule has 4 heteroatoms. The monoisotopic (exact) mass is 365 g/mol. The molecule has 1 N–H and O–H groups in total. The maximum absolute atomic E-state index is 5.92. The minimum atomic E-state index is 0.182. The Morgan fingerprint density at radius 2 is 2.04 bits per heavy atom. The fourth-order valence-corrected chi connectivity index (χ4v) is 3.04. The third-order valence-corrected chi connectivity index (χ3v) is 4.58. The lowest BCUT2D eigenvalue weighted by Gasteiger charge is -2.30. The van der Waals surface area contributed by atoms with E-state index in [0.717, 1.165) is 41.9 Å². The van der Waals surface area contributed by atoms with Gasteiger partial charge in [-0.3, -0.25) is 4.99 Å². The van der Waals surface area contributed by atoms with E-state index in [4.69, 9.17) is 4.74 Å². The standard InChI is InChI=1S/C23H31N3O/c1-6-14-24-22(18(2)3)16-25-19(4)23-13-10-15-26(23)20(5)27-17-21-11-8-7-9-12-21/h6-9,11-12,14,23,25H,2,4-5,10,13,15-17H2,1,3H3/b14-6-,24-22-. The van der Waals surface area contributed by atoms with Crippen LogP contribution in [0, 0.1) is 0 Å². The fourth-order valence-electron chi connectivity index (χ4n) is 3.04. The quantitative estimate of drug-likeness (QED) is 0.478. The molecule has 1 aromatic carbocycles. The first-order chi connectivity index (χ1) is 13.0. The summed E-state index contributed by atoms with van der Waals surface area (Å²) >= 11 is 0. The predicted octanol–water partition coefficient (Wildman–Crippen LogP) is 4.79. The van der Waals surface area contributed by atoms with Crippen molar-refractivity contribution in [1.82, 2.24) is 10.2 Å². The average Bonchev–Trinajstić information content (AvgIpc) is 3.16. The summed E-state index contributed by atoms with van der Waals surface area (Å²) in [5, 5.41) is 3.42. The van der Waals surface area contributed by atoms with Gasteiger partial charge in [-0.2, -0.15) is 0 Å². The van der Waals surface area contributed by atoms with Crippen LogP contribution in [0.15, 0.2) is 84.5 Å². The molecule has 1 aliphatic rings. The maximum Gasteiger partial charge on any atom is 0.182 e. The molecule has 144 valence electrons. The van der Waals surface area contributed by atoms with E-state index in [1.165, 1.54) is 0 Å². The average molecular weight is 366 g/mol. The van der Waals surface area contributed by atoms with Gasteiger partial charge >= 0.3 is 0 Å². The number of allylic oxidation sites excluding steroid dienone is 1. The van der Waals surface area contributed by atoms with Gasteiger partial charge in [-0.25, -0.2) is 0 Å². The van der Waals surface area contributed by atoms with Crippen LogP contribution < -0.4 is 5.32 Å². The van der Waals surface area contributed by atoms with Crippen LogP contribution in [0.3, 0.4) is 0 Å². The molecular weight excluding hydrogens is 334 g/mol. The van der Waals surface area contributed by atoms with E-state index in [2.05, 4.69) is 47.1 Å². The third-order valence-electron chi connectivity index (χ3n) is 4.58. The van der Waals surface area contributed by atoms with Crippen LogP contribution in [0.4, 0.5) is 0 Å². The van der Waals surface area contributed by atoms with Crippen molar-refractivity contribution in [2.45, 2.75) is 39.3 Å². The van der Waals surface area contributed by atoms with Gasteiger partial charge in [-0.1, -0.05) is 49.6 Å². The second-order valence-electron chi connectivity index (χ2n) is 6.74. The van der Waals surface area contributed by atoms with Crippen molar-refractivity contribution in [1.29, 1.82) is 0 Å². The molecule has 0 radical (unpaired) electrons. The lowest BCUT2D eigenvalue weighted by Crippen LogP contribution is -2.37. The summed E-state index contributed by atoms with van der Waals surface area (Å²) in [6.07, 6.45) is 5.83. The molecule has 0 aromatic heterocycles. The molecule has 4 nitrogen and oxygen atoms in total. The molecule has 1 fully saturated rings. The molecule has 0 saturated carbocycles. The largest absolute Gasteiger partial charge is 0.475 e. The van der Waals surface area contributed by atoms with Gasteiger partial charge in [-0.05, 0) is 44.4 Å². The molecule has 0 spiro atoms. The Hall–Kier alpha value is -2.75. The number of aliphatic imine (C=N–C) groups is 1. The van der Waals surface area contributed by atoms with E-state index in [9.17, 15) is 0 Å². The summed E-state index contributed by atoms with van der Waals surface area (Å²) in [5.41, 5.74) is 3.98. The molecule has 27 heavy (non-hydrogen) atoms. The summed E-state index contributed by atoms with van der Waals surface area (Å²) in [6, 6.07) is 10.3. The summed E-state index contributed by atoms with van der Waals surface area (Å²) in [5.74, 6) is 0.701. The van der Waals surface area contributed by atoms with Gasteiger partial charge in [0.15, 0.2) is 5.88 Å². The zero-order chi connectivity index (χ0) is 19.6. The zero-order valence-corrected chi connectivity index (χ0v) is 16.6. The highest BCUT2D eigenvalue weighted by atomic mass is 16.5. The maximum atomic E-state index is 5.92. The number of hydrogen-bond acceptors (Lipinski definition) is 4. The van der Waals surface area contributed by atoms with Crippen molar-refractivity contribution in [3.05, 3.63) is 85.1 Å². The highest BCUT2D eigenvalue weighted by Gasteiger charge is 2.28. The van der Waals surface area contributed by atoms with Gasteiger partial charge in [0, 0.05) is 18.4 Å². The van der Waals surface area contributed by atoms with Gasteiger partial charge in [0.25, 0.3) is 0 Å². The van der Waals surface area contributed by atoms with E-state index in [0.29, 0.717) is 19.0 Å². The second-order valence-corrected chi connectivity index (χ2v) is 6.74. The van der Waals surface area contributed by atoms with Crippen molar-refractivity contribution >= 4 is 5.71 Å². The van der Waals surface area contributed by atoms with Crippen LogP contribution in [0.5, 0.6) is 0 Å². The van der Waals surface area contributed by atoms with Crippen LogP contribution in [0.2, 0.25) is 0 Å². The van der Waals surface area contributed by atoms with E-state index in [1.807, 2.05) is 38.1 Å². The lowest BCUT2D eigenvalue weighted by atomic mass is 10.1. The van der Waals surface area contributed by atoms with Gasteiger partial charge in [0.05, 0.1) is 18.3 Å². The second kappa shape index (κ2) is 10.4. The van der Waals surface area contributed by atoms with E-state index >= 15 is 0 Å². The van der Waals surface area contributed by atoms with Gasteiger partial charge in [0.2, 0.25) is 0 Å². The molecule has 1 heterocycles. The van der Waals surface area contributed by atoms with Crippen molar-refractivity contribution in [2.75, 3.05) is 13.1 Å². The Morgan fingerprint density at radius 1 is 1.30 bits per heavy atom. The van der Waals surface area contributed by atoms with E-state index in [1.54, 1.807) is 6.20 Å². The van der Waals surface area contributed by atoms with Gasteiger partial charge in [0.1, 0.15) is 6.61 Å². The van der Waals surface area contributed by atoms with Gasteiger partial charge in [-0.15, -0.1) is 0 Å². The Bertz CT molecular complexity index is 718. The first-order valence-electron chi connectivity index (χ1n) is 9.41. The molecule has 0 aliphatic carbocycles. The molecule has 2 rings (SSSR count). The minimum Gasteiger partial charge on any atom is -0.475 e. The van der Waals surface area contributed by atoms with Crippen LogP contribution in [-0.2, 0) is 11.3 Å². The number of nitrogens with one attached hydrogen (secondary N) is 1. The van der Waals surface area contributed by atoms with Crippen LogP contribution in [0.25, 0.3) is 0 Å². The number of likely N-dealkylation sites (tertiary alicyclic amines) is 1. The number of benzene rings is 1. The molecule has 1 saturated heterocycles. The normalized spacial score (nSPS) is 17.2. The summed E-state index contributed by atoms with van der Waals surface area (Å²) in [4.78, 5) is 6.63. The molecule has 1 unspecified atom stereocenters. The number of ether oxygens (including phenoxy) is 1. The molecule has 0 bridgehead atoms. The van der Waals surface area contributed by atoms with Crippen LogP contribution in [0.1, 0.15) is 32.3 Å². The predicted molar refractivity (Wildman–Crippen MR) is 114 cm³/mol. The Kier molecular flexibility index (Phi) is 7.93. The van der Waals surface area contributed by atoms with Crippen LogP contribution in [-0.4, -0.2) is 29.7 Å². The summed E-state index contributed by atoms with van der Waals surface area (Å²) < 4.78 is 5.92. The first-order valence-corrected chi connectivity index (χ1v) is 9.41. The molecule has 1 aromatic rings. The molecular formula is C23H31N3O. The highest BCUT2D eigenvalue weighted by Crippen LogP contribution is 2.26. The lowest BCUT2D eigenvalue weighted by molar-refractivity contribution is 0.102. The fraction of sp³-hybridized carbons (Fsp3) is 0.348. The van der Waals surface area contributed by atoms with Crippen molar-refractivity contribution < 1.29 is 4.74 Å². The topological polar surface area (TPSA) is 36.9 Å². The zero-order valence-electron chi connectivity index (χ0n) is 16.6. The Balaban J connectivity index is 1.91. The molecule has 1 aliphatic heterocycles. The first kappa shape index (κ1) is 20.6. The SMILES string of the molecule is C=C(C)/C(CNC(=C)C1CCCN1C(=C)OCc1ccccc1)=N\C=C/C. The summed E-state index contributed by atoms with van der Waals surface area (Å²) in [7, 11) is 0. The highest BCUT2D eigenvalue weighted by molar-refractivity contribution is 6.01. The van der Waals surface area contributed by atoms with Crippen LogP contribution >= 0.6 is 0 Å². The summed E-state index contributed by atoms with van der Waals surface area (Å²) in [6.45, 7) is 18.4. The Morgan fingerprint density at radius 3 is 2.70 bits per heavy atom.